The van der Waals surface area contributed by atoms with Crippen LogP contribution in [0, 0.1) is 0 Å². The smallest absolute Gasteiger partial charge is 0.269 e. The lowest BCUT2D eigenvalue weighted by molar-refractivity contribution is -0.131. The van der Waals surface area contributed by atoms with E-state index in [1.54, 1.807) is 48.5 Å². The average molecular weight is 567 g/mol. The number of anilines is 1. The summed E-state index contributed by atoms with van der Waals surface area (Å²) in [5.74, 6) is -0.764. The fourth-order valence-electron chi connectivity index (χ4n) is 3.76. The summed E-state index contributed by atoms with van der Waals surface area (Å²) in [4.78, 5) is 40.8. The molecule has 0 spiro atoms. The van der Waals surface area contributed by atoms with Crippen molar-refractivity contribution in [1.29, 1.82) is 0 Å². The van der Waals surface area contributed by atoms with Crippen LogP contribution in [-0.2, 0) is 16.1 Å². The molecule has 3 aromatic rings. The van der Waals surface area contributed by atoms with Crippen molar-refractivity contribution in [3.8, 4) is 5.75 Å². The zero-order valence-corrected chi connectivity index (χ0v) is 21.7. The number of carbonyl (C=O) groups is 3. The molecular formula is C26H23BrN4O4S. The van der Waals surface area contributed by atoms with Gasteiger partial charge >= 0.3 is 0 Å². The number of para-hydroxylation sites is 2. The summed E-state index contributed by atoms with van der Waals surface area (Å²) in [5, 5.41) is 4.19. The molecule has 0 bridgehead atoms. The molecule has 8 nitrogen and oxygen atoms in total. The highest BCUT2D eigenvalue weighted by molar-refractivity contribution is 9.10. The molecule has 3 aromatic carbocycles. The Morgan fingerprint density at radius 2 is 1.67 bits per heavy atom. The van der Waals surface area contributed by atoms with Gasteiger partial charge in [-0.1, -0.05) is 58.4 Å². The second-order valence-electron chi connectivity index (χ2n) is 7.98. The van der Waals surface area contributed by atoms with Crippen molar-refractivity contribution < 1.29 is 19.1 Å². The first kappa shape index (κ1) is 25.3. The van der Waals surface area contributed by atoms with Crippen molar-refractivity contribution in [3.63, 3.8) is 0 Å². The first-order valence-corrected chi connectivity index (χ1v) is 12.3. The predicted molar refractivity (Wildman–Crippen MR) is 143 cm³/mol. The molecule has 36 heavy (non-hydrogen) atoms. The first-order valence-electron chi connectivity index (χ1n) is 11.1. The topological polar surface area (TPSA) is 91.0 Å². The van der Waals surface area contributed by atoms with E-state index in [0.29, 0.717) is 17.0 Å². The number of thiocarbonyl (C=S) groups is 1. The molecule has 1 heterocycles. The minimum Gasteiger partial charge on any atom is -0.495 e. The minimum absolute atomic E-state index is 0.115. The van der Waals surface area contributed by atoms with E-state index < -0.39 is 17.9 Å². The van der Waals surface area contributed by atoms with Crippen molar-refractivity contribution in [3.05, 3.63) is 94.5 Å². The molecule has 2 N–H and O–H groups in total. The zero-order valence-electron chi connectivity index (χ0n) is 19.3. The molecule has 1 fully saturated rings. The number of methoxy groups -OCH3 is 1. The van der Waals surface area contributed by atoms with Gasteiger partial charge in [-0.15, -0.1) is 0 Å². The molecule has 0 aliphatic carbocycles. The predicted octanol–water partition coefficient (Wildman–Crippen LogP) is 4.13. The number of hydrazine groups is 1. The number of halogens is 1. The van der Waals surface area contributed by atoms with Crippen molar-refractivity contribution in [2.24, 2.45) is 0 Å². The van der Waals surface area contributed by atoms with Crippen LogP contribution in [0.2, 0.25) is 0 Å². The summed E-state index contributed by atoms with van der Waals surface area (Å²) in [7, 11) is 1.50. The van der Waals surface area contributed by atoms with Crippen molar-refractivity contribution >= 4 is 56.7 Å². The molecule has 1 aliphatic rings. The van der Waals surface area contributed by atoms with Crippen LogP contribution in [0.1, 0.15) is 22.3 Å². The van der Waals surface area contributed by atoms with Crippen LogP contribution in [0.5, 0.6) is 5.75 Å². The third kappa shape index (κ3) is 5.72. The standard InChI is InChI=1S/C26H23BrN4O4S/c1-35-22-10-6-5-9-20(22)28-23(32)15-21-25(34)30(16-17-7-3-2-4-8-17)26(36)31(21)29-24(33)18-11-13-19(27)14-12-18/h2-14,21H,15-16H2,1H3,(H,28,32)(H,29,33). The molecule has 10 heteroatoms. The maximum atomic E-state index is 13.4. The van der Waals surface area contributed by atoms with Crippen LogP contribution in [0.4, 0.5) is 5.69 Å². The van der Waals surface area contributed by atoms with E-state index in [1.165, 1.54) is 17.0 Å². The van der Waals surface area contributed by atoms with Crippen LogP contribution < -0.4 is 15.5 Å². The Morgan fingerprint density at radius 3 is 2.36 bits per heavy atom. The summed E-state index contributed by atoms with van der Waals surface area (Å²) in [6.07, 6.45) is -0.233. The monoisotopic (exact) mass is 566 g/mol. The summed E-state index contributed by atoms with van der Waals surface area (Å²) in [6, 6.07) is 22.1. The number of nitrogens with zero attached hydrogens (tertiary/aromatic N) is 2. The molecule has 1 saturated heterocycles. The van der Waals surface area contributed by atoms with E-state index in [1.807, 2.05) is 30.3 Å². The quantitative estimate of drug-likeness (QED) is 0.398. The van der Waals surface area contributed by atoms with Gasteiger partial charge in [0.2, 0.25) is 5.91 Å². The van der Waals surface area contributed by atoms with Gasteiger partial charge in [0.15, 0.2) is 5.11 Å². The van der Waals surface area contributed by atoms with E-state index in [4.69, 9.17) is 17.0 Å². The molecule has 0 saturated carbocycles. The number of carbonyl (C=O) groups excluding carboxylic acids is 3. The summed E-state index contributed by atoms with van der Waals surface area (Å²) in [5.41, 5.74) is 4.45. The van der Waals surface area contributed by atoms with Gasteiger partial charge in [0.05, 0.1) is 25.8 Å². The van der Waals surface area contributed by atoms with Crippen molar-refractivity contribution in [2.75, 3.05) is 12.4 Å². The van der Waals surface area contributed by atoms with Gasteiger partial charge in [0, 0.05) is 10.0 Å². The number of amides is 3. The van der Waals surface area contributed by atoms with Crippen LogP contribution >= 0.6 is 28.1 Å². The lowest BCUT2D eigenvalue weighted by atomic mass is 10.1. The highest BCUT2D eigenvalue weighted by Gasteiger charge is 2.44. The second kappa shape index (κ2) is 11.3. The Hall–Kier alpha value is -3.76. The number of hydrogen-bond acceptors (Lipinski definition) is 5. The van der Waals surface area contributed by atoms with Crippen molar-refractivity contribution in [2.45, 2.75) is 19.0 Å². The second-order valence-corrected chi connectivity index (χ2v) is 9.26. The molecule has 0 radical (unpaired) electrons. The normalized spacial score (nSPS) is 15.1. The van der Waals surface area contributed by atoms with E-state index in [0.717, 1.165) is 10.0 Å². The molecule has 4 rings (SSSR count). The van der Waals surface area contributed by atoms with E-state index in [2.05, 4.69) is 26.7 Å². The number of ether oxygens (including phenoxy) is 1. The highest BCUT2D eigenvalue weighted by atomic mass is 79.9. The Bertz CT molecular complexity index is 1290. The van der Waals surface area contributed by atoms with Crippen LogP contribution in [0.15, 0.2) is 83.3 Å². The molecular weight excluding hydrogens is 544 g/mol. The highest BCUT2D eigenvalue weighted by Crippen LogP contribution is 2.26. The third-order valence-electron chi connectivity index (χ3n) is 5.57. The van der Waals surface area contributed by atoms with Crippen LogP contribution in [0.25, 0.3) is 0 Å². The fraction of sp³-hybridized carbons (Fsp3) is 0.154. The SMILES string of the molecule is COc1ccccc1NC(=O)CC1C(=O)N(Cc2ccccc2)C(=S)N1NC(=O)c1ccc(Br)cc1. The number of benzene rings is 3. The summed E-state index contributed by atoms with van der Waals surface area (Å²) >= 11 is 8.93. The van der Waals surface area contributed by atoms with Crippen LogP contribution in [0.3, 0.4) is 0 Å². The lowest BCUT2D eigenvalue weighted by Crippen LogP contribution is -2.49. The number of hydrogen-bond donors (Lipinski definition) is 2. The van der Waals surface area contributed by atoms with Gasteiger partial charge in [-0.3, -0.25) is 24.7 Å². The molecule has 184 valence electrons. The Morgan fingerprint density at radius 1 is 1.00 bits per heavy atom. The van der Waals surface area contributed by atoms with Crippen molar-refractivity contribution in [1.82, 2.24) is 15.3 Å². The Labute approximate surface area is 222 Å². The average Bonchev–Trinajstić information content (AvgIpc) is 3.09. The molecule has 1 unspecified atom stereocenters. The fourth-order valence-corrected chi connectivity index (χ4v) is 4.36. The number of nitrogens with one attached hydrogen (secondary N) is 2. The minimum atomic E-state index is -1.02. The number of rotatable bonds is 8. The maximum absolute atomic E-state index is 13.4. The third-order valence-corrected chi connectivity index (χ3v) is 6.52. The van der Waals surface area contributed by atoms with Gasteiger partial charge in [-0.2, -0.15) is 0 Å². The molecule has 3 amide bonds. The van der Waals surface area contributed by atoms with E-state index in [-0.39, 0.29) is 24.0 Å². The van der Waals surface area contributed by atoms with Crippen LogP contribution in [-0.4, -0.2) is 45.9 Å². The first-order chi connectivity index (χ1) is 17.4. The molecule has 1 atom stereocenters. The van der Waals surface area contributed by atoms with Gasteiger partial charge < -0.3 is 10.1 Å². The lowest BCUT2D eigenvalue weighted by Gasteiger charge is -2.24. The maximum Gasteiger partial charge on any atom is 0.269 e. The largest absolute Gasteiger partial charge is 0.495 e. The van der Waals surface area contributed by atoms with Gasteiger partial charge in [0.25, 0.3) is 11.8 Å². The Balaban J connectivity index is 1.56. The molecule has 0 aromatic heterocycles. The Kier molecular flexibility index (Phi) is 7.97. The zero-order chi connectivity index (χ0) is 25.7. The van der Waals surface area contributed by atoms with Gasteiger partial charge in [0.1, 0.15) is 11.8 Å². The molecule has 1 aliphatic heterocycles. The van der Waals surface area contributed by atoms with E-state index >= 15 is 0 Å². The van der Waals surface area contributed by atoms with Gasteiger partial charge in [-0.25, -0.2) is 5.01 Å². The summed E-state index contributed by atoms with van der Waals surface area (Å²) in [6.45, 7) is 0.216. The summed E-state index contributed by atoms with van der Waals surface area (Å²) < 4.78 is 6.11. The van der Waals surface area contributed by atoms with E-state index in [9.17, 15) is 14.4 Å². The van der Waals surface area contributed by atoms with Gasteiger partial charge in [-0.05, 0) is 54.2 Å².